The van der Waals surface area contributed by atoms with Gasteiger partial charge in [0.15, 0.2) is 11.9 Å². The first-order chi connectivity index (χ1) is 20.6. The average Bonchev–Trinajstić information content (AvgIpc) is 3.64. The molecule has 2 atom stereocenters. The third kappa shape index (κ3) is 5.27. The molecule has 6 heterocycles. The predicted octanol–water partition coefficient (Wildman–Crippen LogP) is 4.92. The number of aliphatic carboxylic acids is 1. The highest BCUT2D eigenvalue weighted by Crippen LogP contribution is 2.31. The second kappa shape index (κ2) is 11.4. The van der Waals surface area contributed by atoms with Crippen LogP contribution in [-0.2, 0) is 22.4 Å². The molecule has 0 radical (unpaired) electrons. The highest BCUT2D eigenvalue weighted by atomic mass is 16.5. The molecule has 0 spiro atoms. The Morgan fingerprint density at radius 2 is 2.02 bits per heavy atom. The van der Waals surface area contributed by atoms with Gasteiger partial charge in [-0.3, -0.25) is 9.48 Å². The summed E-state index contributed by atoms with van der Waals surface area (Å²) in [4.78, 5) is 21.4. The zero-order valence-corrected chi connectivity index (χ0v) is 23.3. The Kier molecular flexibility index (Phi) is 7.16. The van der Waals surface area contributed by atoms with E-state index in [0.717, 1.165) is 83.4 Å². The number of aryl methyl sites for hydroxylation is 1. The number of hydrogen-bond acceptors (Lipinski definition) is 8. The van der Waals surface area contributed by atoms with E-state index in [1.165, 1.54) is 5.56 Å². The Bertz CT molecular complexity index is 1740. The Morgan fingerprint density at radius 3 is 2.90 bits per heavy atom. The van der Waals surface area contributed by atoms with Gasteiger partial charge in [-0.2, -0.15) is 10.2 Å². The van der Waals surface area contributed by atoms with E-state index in [0.29, 0.717) is 19.6 Å². The number of anilines is 1. The minimum absolute atomic E-state index is 0.123. The fourth-order valence-corrected chi connectivity index (χ4v) is 5.93. The van der Waals surface area contributed by atoms with Gasteiger partial charge in [-0.1, -0.05) is 6.07 Å². The summed E-state index contributed by atoms with van der Waals surface area (Å²) in [6.07, 6.45) is 10.9. The number of ether oxygens (including phenoxy) is 2. The fourth-order valence-electron chi connectivity index (χ4n) is 5.93. The summed E-state index contributed by atoms with van der Waals surface area (Å²) < 4.78 is 15.5. The molecule has 11 nitrogen and oxygen atoms in total. The lowest BCUT2D eigenvalue weighted by molar-refractivity contribution is -0.137. The molecule has 216 valence electrons. The molecule has 1 saturated heterocycles. The maximum absolute atomic E-state index is 11.9. The first-order valence-electron chi connectivity index (χ1n) is 14.6. The van der Waals surface area contributed by atoms with Crippen molar-refractivity contribution in [2.24, 2.45) is 0 Å². The van der Waals surface area contributed by atoms with Crippen LogP contribution in [0.1, 0.15) is 61.2 Å². The number of nitrogens with one attached hydrogen (secondary N) is 1. The van der Waals surface area contributed by atoms with E-state index in [1.54, 1.807) is 23.3 Å². The van der Waals surface area contributed by atoms with Gasteiger partial charge in [-0.25, -0.2) is 14.6 Å². The van der Waals surface area contributed by atoms with E-state index < -0.39 is 12.0 Å². The Hall–Kier alpha value is -4.51. The van der Waals surface area contributed by atoms with Crippen LogP contribution in [0, 0.1) is 0 Å². The topological polar surface area (TPSA) is 129 Å². The predicted molar refractivity (Wildman–Crippen MR) is 157 cm³/mol. The monoisotopic (exact) mass is 567 g/mol. The van der Waals surface area contributed by atoms with Crippen LogP contribution in [0.4, 0.5) is 5.82 Å². The van der Waals surface area contributed by atoms with Gasteiger partial charge in [0.25, 0.3) is 0 Å². The molecule has 0 amide bonds. The molecule has 42 heavy (non-hydrogen) atoms. The van der Waals surface area contributed by atoms with Crippen molar-refractivity contribution in [3.8, 4) is 5.75 Å². The van der Waals surface area contributed by atoms with Gasteiger partial charge in [0.05, 0.1) is 37.0 Å². The lowest BCUT2D eigenvalue weighted by atomic mass is 10.0. The zero-order valence-electron chi connectivity index (χ0n) is 23.3. The van der Waals surface area contributed by atoms with Crippen LogP contribution < -0.4 is 10.1 Å². The lowest BCUT2D eigenvalue weighted by Crippen LogP contribution is -2.19. The maximum atomic E-state index is 11.9. The van der Waals surface area contributed by atoms with E-state index in [-0.39, 0.29) is 12.6 Å². The lowest BCUT2D eigenvalue weighted by Gasteiger charge is -2.23. The molecule has 1 fully saturated rings. The number of fused-ring (bicyclic) bond motifs is 3. The van der Waals surface area contributed by atoms with Crippen LogP contribution in [0.5, 0.6) is 5.75 Å². The fraction of sp³-hybridized carbons (Fsp3) is 0.387. The summed E-state index contributed by atoms with van der Waals surface area (Å²) in [6, 6.07) is 11.4. The Morgan fingerprint density at radius 1 is 1.10 bits per heavy atom. The highest BCUT2D eigenvalue weighted by Gasteiger charge is 2.24. The third-order valence-corrected chi connectivity index (χ3v) is 8.08. The summed E-state index contributed by atoms with van der Waals surface area (Å²) in [5.41, 5.74) is 4.58. The highest BCUT2D eigenvalue weighted by molar-refractivity contribution is 5.81. The molecule has 0 saturated carbocycles. The average molecular weight is 568 g/mol. The summed E-state index contributed by atoms with van der Waals surface area (Å²) in [5, 5.41) is 24.0. The van der Waals surface area contributed by atoms with Gasteiger partial charge in [-0.15, -0.1) is 0 Å². The van der Waals surface area contributed by atoms with Crippen molar-refractivity contribution >= 4 is 33.7 Å². The van der Waals surface area contributed by atoms with Crippen molar-refractivity contribution in [1.82, 2.24) is 29.5 Å². The molecule has 1 aromatic carbocycles. The number of rotatable bonds is 9. The van der Waals surface area contributed by atoms with Gasteiger partial charge in [0.1, 0.15) is 11.6 Å². The van der Waals surface area contributed by atoms with Crippen molar-refractivity contribution in [1.29, 1.82) is 0 Å². The maximum Gasteiger partial charge on any atom is 0.305 e. The number of benzene rings is 1. The summed E-state index contributed by atoms with van der Waals surface area (Å²) in [7, 11) is 0. The standard InChI is InChI=1S/C31H33N7O4/c39-29(40)16-27(21-14-23-19-35-38(31(23)33-17-21)28-5-1-2-12-42-28)37-26-9-8-25(15-22(26)18-34-37)41-13-10-24-7-6-20-4-3-11-32-30(20)36-24/h6-9,14-15,17-19,27-28H,1-5,10-13,16H2,(H,32,36)(H,39,40). The number of carboxylic acids is 1. The molecule has 2 aliphatic heterocycles. The van der Waals surface area contributed by atoms with Gasteiger partial charge in [0.2, 0.25) is 0 Å². The quantitative estimate of drug-likeness (QED) is 0.255. The van der Waals surface area contributed by atoms with Crippen molar-refractivity contribution in [3.05, 3.63) is 71.8 Å². The van der Waals surface area contributed by atoms with Crippen molar-refractivity contribution < 1.29 is 19.4 Å². The van der Waals surface area contributed by atoms with E-state index in [1.807, 2.05) is 28.9 Å². The number of aromatic nitrogens is 6. The van der Waals surface area contributed by atoms with E-state index in [2.05, 4.69) is 32.6 Å². The number of hydrogen-bond donors (Lipinski definition) is 2. The SMILES string of the molecule is O=C(O)CC(c1cnc2c(cnn2C2CCCCO2)c1)n1ncc2cc(OCCc3ccc4c(n3)NCCC4)ccc21. The van der Waals surface area contributed by atoms with E-state index >= 15 is 0 Å². The Labute approximate surface area is 242 Å². The molecule has 2 N–H and O–H groups in total. The summed E-state index contributed by atoms with van der Waals surface area (Å²) >= 11 is 0. The molecule has 11 heteroatoms. The normalized spacial score (nSPS) is 17.6. The molecule has 2 aliphatic rings. The van der Waals surface area contributed by atoms with Crippen molar-refractivity contribution in [2.45, 2.75) is 57.2 Å². The van der Waals surface area contributed by atoms with Crippen LogP contribution in [-0.4, -0.2) is 60.4 Å². The molecular weight excluding hydrogens is 534 g/mol. The second-order valence-corrected chi connectivity index (χ2v) is 11.0. The van der Waals surface area contributed by atoms with Crippen LogP contribution in [0.15, 0.2) is 55.0 Å². The largest absolute Gasteiger partial charge is 0.493 e. The van der Waals surface area contributed by atoms with Crippen LogP contribution in [0.2, 0.25) is 0 Å². The molecule has 0 aliphatic carbocycles. The first kappa shape index (κ1) is 26.4. The van der Waals surface area contributed by atoms with Gasteiger partial charge < -0.3 is 19.9 Å². The van der Waals surface area contributed by atoms with Crippen LogP contribution in [0.25, 0.3) is 21.9 Å². The van der Waals surface area contributed by atoms with Crippen LogP contribution >= 0.6 is 0 Å². The van der Waals surface area contributed by atoms with Crippen molar-refractivity contribution in [3.63, 3.8) is 0 Å². The number of carbonyl (C=O) groups is 1. The smallest absolute Gasteiger partial charge is 0.305 e. The summed E-state index contributed by atoms with van der Waals surface area (Å²) in [5.74, 6) is 0.805. The van der Waals surface area contributed by atoms with Gasteiger partial charge in [-0.05, 0) is 73.6 Å². The molecule has 4 aromatic heterocycles. The molecule has 2 unspecified atom stereocenters. The molecular formula is C31H33N7O4. The van der Waals surface area contributed by atoms with Gasteiger partial charge >= 0.3 is 5.97 Å². The zero-order chi connectivity index (χ0) is 28.5. The molecule has 7 rings (SSSR count). The molecule has 5 aromatic rings. The summed E-state index contributed by atoms with van der Waals surface area (Å²) in [6.45, 7) is 2.18. The number of carboxylic acid groups (broad SMARTS) is 1. The molecule has 0 bridgehead atoms. The van der Waals surface area contributed by atoms with Crippen molar-refractivity contribution in [2.75, 3.05) is 25.1 Å². The van der Waals surface area contributed by atoms with E-state index in [4.69, 9.17) is 14.5 Å². The van der Waals surface area contributed by atoms with E-state index in [9.17, 15) is 9.90 Å². The Balaban J connectivity index is 1.10. The van der Waals surface area contributed by atoms with Gasteiger partial charge in [0, 0.05) is 42.2 Å². The first-order valence-corrected chi connectivity index (χ1v) is 14.6. The minimum atomic E-state index is -0.916. The minimum Gasteiger partial charge on any atom is -0.493 e. The third-order valence-electron chi connectivity index (χ3n) is 8.08. The second-order valence-electron chi connectivity index (χ2n) is 11.0. The number of pyridine rings is 2. The van der Waals surface area contributed by atoms with Crippen LogP contribution in [0.3, 0.4) is 0 Å². The number of nitrogens with zero attached hydrogens (tertiary/aromatic N) is 6.